The Balaban J connectivity index is 2.68. The van der Waals surface area contributed by atoms with E-state index in [1.807, 2.05) is 0 Å². The van der Waals surface area contributed by atoms with E-state index in [1.54, 1.807) is 19.9 Å². The Hall–Kier alpha value is -0.940. The fourth-order valence-corrected chi connectivity index (χ4v) is 1.55. The van der Waals surface area contributed by atoms with Gasteiger partial charge in [-0.1, -0.05) is 15.9 Å². The SMILES string of the molecule is COC(C)(C)C(=O)NCc1cc(F)ccc1Br. The summed E-state index contributed by atoms with van der Waals surface area (Å²) in [5.74, 6) is -0.570. The molecular formula is C12H15BrFNO2. The minimum absolute atomic E-state index is 0.240. The summed E-state index contributed by atoms with van der Waals surface area (Å²) in [5, 5.41) is 2.70. The summed E-state index contributed by atoms with van der Waals surface area (Å²) in [6, 6.07) is 4.34. The van der Waals surface area contributed by atoms with Gasteiger partial charge in [0.2, 0.25) is 0 Å². The van der Waals surface area contributed by atoms with Gasteiger partial charge in [-0.2, -0.15) is 0 Å². The van der Waals surface area contributed by atoms with Crippen LogP contribution in [-0.4, -0.2) is 18.6 Å². The molecule has 0 aliphatic rings. The molecule has 0 aliphatic carbocycles. The largest absolute Gasteiger partial charge is 0.369 e. The molecule has 0 saturated carbocycles. The summed E-state index contributed by atoms with van der Waals surface area (Å²) in [7, 11) is 1.47. The van der Waals surface area contributed by atoms with E-state index in [2.05, 4.69) is 21.2 Å². The van der Waals surface area contributed by atoms with E-state index in [1.165, 1.54) is 19.2 Å². The number of halogens is 2. The first-order valence-corrected chi connectivity index (χ1v) is 5.93. The fraction of sp³-hybridized carbons (Fsp3) is 0.417. The fourth-order valence-electron chi connectivity index (χ4n) is 1.16. The van der Waals surface area contributed by atoms with E-state index in [9.17, 15) is 9.18 Å². The van der Waals surface area contributed by atoms with Gasteiger partial charge in [0.1, 0.15) is 11.4 Å². The van der Waals surface area contributed by atoms with Crippen LogP contribution in [0.1, 0.15) is 19.4 Å². The number of nitrogens with one attached hydrogen (secondary N) is 1. The molecule has 5 heteroatoms. The van der Waals surface area contributed by atoms with Crippen molar-refractivity contribution in [2.24, 2.45) is 0 Å². The summed E-state index contributed by atoms with van der Waals surface area (Å²) < 4.78 is 18.8. The Morgan fingerprint density at radius 1 is 1.53 bits per heavy atom. The minimum atomic E-state index is -0.889. The van der Waals surface area contributed by atoms with Crippen molar-refractivity contribution in [2.75, 3.05) is 7.11 Å². The van der Waals surface area contributed by atoms with Crippen LogP contribution in [0.4, 0.5) is 4.39 Å². The molecule has 1 aromatic rings. The number of carbonyl (C=O) groups excluding carboxylic acids is 1. The zero-order chi connectivity index (χ0) is 13.1. The van der Waals surface area contributed by atoms with Crippen molar-refractivity contribution >= 4 is 21.8 Å². The Kier molecular flexibility index (Phi) is 4.65. The second kappa shape index (κ2) is 5.60. The van der Waals surface area contributed by atoms with Crippen LogP contribution in [0.5, 0.6) is 0 Å². The molecular weight excluding hydrogens is 289 g/mol. The highest BCUT2D eigenvalue weighted by molar-refractivity contribution is 9.10. The molecule has 0 bridgehead atoms. The second-order valence-corrected chi connectivity index (χ2v) is 4.99. The van der Waals surface area contributed by atoms with Gasteiger partial charge in [0.15, 0.2) is 0 Å². The molecule has 17 heavy (non-hydrogen) atoms. The maximum atomic E-state index is 13.0. The zero-order valence-corrected chi connectivity index (χ0v) is 11.6. The predicted molar refractivity (Wildman–Crippen MR) is 67.0 cm³/mol. The highest BCUT2D eigenvalue weighted by Gasteiger charge is 2.26. The number of benzene rings is 1. The summed E-state index contributed by atoms with van der Waals surface area (Å²) in [4.78, 5) is 11.7. The van der Waals surface area contributed by atoms with Crippen molar-refractivity contribution in [3.8, 4) is 0 Å². The molecule has 0 aliphatic heterocycles. The van der Waals surface area contributed by atoms with Gasteiger partial charge >= 0.3 is 0 Å². The number of hydrogen-bond donors (Lipinski definition) is 1. The molecule has 1 N–H and O–H groups in total. The first-order valence-electron chi connectivity index (χ1n) is 5.14. The van der Waals surface area contributed by atoms with E-state index in [-0.39, 0.29) is 18.3 Å². The summed E-state index contributed by atoms with van der Waals surface area (Å²) in [6.45, 7) is 3.59. The molecule has 0 aromatic heterocycles. The molecule has 94 valence electrons. The third kappa shape index (κ3) is 3.78. The Labute approximate surface area is 108 Å². The van der Waals surface area contributed by atoms with E-state index in [4.69, 9.17) is 4.74 Å². The molecule has 0 radical (unpaired) electrons. The lowest BCUT2D eigenvalue weighted by Gasteiger charge is -2.21. The molecule has 0 spiro atoms. The van der Waals surface area contributed by atoms with Gasteiger partial charge in [-0.25, -0.2) is 4.39 Å². The van der Waals surface area contributed by atoms with Crippen LogP contribution in [0.3, 0.4) is 0 Å². The maximum absolute atomic E-state index is 13.0. The van der Waals surface area contributed by atoms with Crippen molar-refractivity contribution in [2.45, 2.75) is 26.0 Å². The summed E-state index contributed by atoms with van der Waals surface area (Å²) in [6.07, 6.45) is 0. The van der Waals surface area contributed by atoms with Gasteiger partial charge < -0.3 is 10.1 Å². The van der Waals surface area contributed by atoms with Crippen LogP contribution < -0.4 is 5.32 Å². The van der Waals surface area contributed by atoms with Crippen LogP contribution >= 0.6 is 15.9 Å². The van der Waals surface area contributed by atoms with Gasteiger partial charge in [-0.15, -0.1) is 0 Å². The standard InChI is InChI=1S/C12H15BrFNO2/c1-12(2,17-3)11(16)15-7-8-6-9(14)4-5-10(8)13/h4-6H,7H2,1-3H3,(H,15,16). The molecule has 1 rings (SSSR count). The normalized spacial score (nSPS) is 11.4. The third-order valence-electron chi connectivity index (χ3n) is 2.50. The number of amides is 1. The number of hydrogen-bond acceptors (Lipinski definition) is 2. The zero-order valence-electron chi connectivity index (χ0n) is 10.0. The van der Waals surface area contributed by atoms with Gasteiger partial charge in [-0.3, -0.25) is 4.79 Å². The molecule has 0 unspecified atom stereocenters. The Morgan fingerprint density at radius 3 is 2.76 bits per heavy atom. The van der Waals surface area contributed by atoms with Gasteiger partial charge in [0, 0.05) is 18.1 Å². The monoisotopic (exact) mass is 303 g/mol. The lowest BCUT2D eigenvalue weighted by atomic mass is 10.1. The maximum Gasteiger partial charge on any atom is 0.251 e. The predicted octanol–water partition coefficient (Wildman–Crippen LogP) is 2.63. The van der Waals surface area contributed by atoms with Gasteiger partial charge in [0.25, 0.3) is 5.91 Å². The molecule has 0 fully saturated rings. The van der Waals surface area contributed by atoms with Crippen LogP contribution in [0.15, 0.2) is 22.7 Å². The third-order valence-corrected chi connectivity index (χ3v) is 3.28. The lowest BCUT2D eigenvalue weighted by Crippen LogP contribution is -2.43. The van der Waals surface area contributed by atoms with Crippen molar-refractivity contribution in [3.05, 3.63) is 34.1 Å². The number of ether oxygens (including phenoxy) is 1. The van der Waals surface area contributed by atoms with E-state index >= 15 is 0 Å². The molecule has 1 aromatic carbocycles. The smallest absolute Gasteiger partial charge is 0.251 e. The van der Waals surface area contributed by atoms with E-state index < -0.39 is 5.60 Å². The average molecular weight is 304 g/mol. The first-order chi connectivity index (χ1) is 7.86. The van der Waals surface area contributed by atoms with Crippen molar-refractivity contribution in [1.82, 2.24) is 5.32 Å². The lowest BCUT2D eigenvalue weighted by molar-refractivity contribution is -0.139. The Morgan fingerprint density at radius 2 is 2.18 bits per heavy atom. The summed E-state index contributed by atoms with van der Waals surface area (Å²) >= 11 is 3.30. The number of carbonyl (C=O) groups is 1. The number of rotatable bonds is 4. The molecule has 1 amide bonds. The molecule has 0 atom stereocenters. The van der Waals surface area contributed by atoms with E-state index in [0.29, 0.717) is 5.56 Å². The average Bonchev–Trinajstić information content (AvgIpc) is 2.29. The molecule has 0 heterocycles. The van der Waals surface area contributed by atoms with Crippen LogP contribution in [0.25, 0.3) is 0 Å². The second-order valence-electron chi connectivity index (χ2n) is 4.13. The van der Waals surface area contributed by atoms with Crippen LogP contribution in [0, 0.1) is 5.82 Å². The van der Waals surface area contributed by atoms with Gasteiger partial charge in [-0.05, 0) is 37.6 Å². The Bertz CT molecular complexity index is 421. The minimum Gasteiger partial charge on any atom is -0.369 e. The van der Waals surface area contributed by atoms with Gasteiger partial charge in [0.05, 0.1) is 0 Å². The molecule has 0 saturated heterocycles. The van der Waals surface area contributed by atoms with Crippen molar-refractivity contribution in [1.29, 1.82) is 0 Å². The van der Waals surface area contributed by atoms with Crippen LogP contribution in [0.2, 0.25) is 0 Å². The number of methoxy groups -OCH3 is 1. The topological polar surface area (TPSA) is 38.3 Å². The quantitative estimate of drug-likeness (QED) is 0.928. The van der Waals surface area contributed by atoms with Crippen molar-refractivity contribution in [3.63, 3.8) is 0 Å². The van der Waals surface area contributed by atoms with Crippen LogP contribution in [-0.2, 0) is 16.1 Å². The summed E-state index contributed by atoms with van der Waals surface area (Å²) in [5.41, 5.74) is -0.204. The first kappa shape index (κ1) is 14.1. The highest BCUT2D eigenvalue weighted by atomic mass is 79.9. The molecule has 3 nitrogen and oxygen atoms in total. The van der Waals surface area contributed by atoms with Crippen molar-refractivity contribution < 1.29 is 13.9 Å². The van der Waals surface area contributed by atoms with E-state index in [0.717, 1.165) is 4.47 Å². The highest BCUT2D eigenvalue weighted by Crippen LogP contribution is 2.18.